The lowest BCUT2D eigenvalue weighted by atomic mass is 10.0. The molecule has 1 amide bonds. The zero-order valence-corrected chi connectivity index (χ0v) is 14.0. The molecule has 124 valence electrons. The summed E-state index contributed by atoms with van der Waals surface area (Å²) in [5.74, 6) is -0.145. The zero-order valence-electron chi connectivity index (χ0n) is 14.0. The Kier molecular flexibility index (Phi) is 3.69. The van der Waals surface area contributed by atoms with E-state index in [2.05, 4.69) is 21.5 Å². The molecule has 25 heavy (non-hydrogen) atoms. The van der Waals surface area contributed by atoms with Crippen molar-refractivity contribution in [2.45, 2.75) is 20.3 Å². The lowest BCUT2D eigenvalue weighted by molar-refractivity contribution is -0.115. The van der Waals surface area contributed by atoms with Gasteiger partial charge in [0.05, 0.1) is 17.6 Å². The summed E-state index contributed by atoms with van der Waals surface area (Å²) in [6.45, 7) is 4.01. The fourth-order valence-corrected chi connectivity index (χ4v) is 3.19. The molecule has 4 rings (SSSR count). The lowest BCUT2D eigenvalue weighted by Crippen LogP contribution is -2.15. The third-order valence-electron chi connectivity index (χ3n) is 4.22. The van der Waals surface area contributed by atoms with Crippen molar-refractivity contribution in [1.29, 1.82) is 0 Å². The van der Waals surface area contributed by atoms with Gasteiger partial charge in [-0.1, -0.05) is 29.4 Å². The number of rotatable bonds is 3. The van der Waals surface area contributed by atoms with Crippen LogP contribution in [0, 0.1) is 13.8 Å². The van der Waals surface area contributed by atoms with Gasteiger partial charge in [-0.3, -0.25) is 9.78 Å². The molecule has 0 aliphatic rings. The predicted octanol–water partition coefficient (Wildman–Crippen LogP) is 4.17. The van der Waals surface area contributed by atoms with E-state index in [0.717, 1.165) is 27.4 Å². The average molecular weight is 331 g/mol. The fourth-order valence-electron chi connectivity index (χ4n) is 3.19. The number of anilines is 1. The van der Waals surface area contributed by atoms with Crippen LogP contribution in [0.5, 0.6) is 0 Å². The number of aryl methyl sites for hydroxylation is 2. The van der Waals surface area contributed by atoms with Gasteiger partial charge in [0.25, 0.3) is 0 Å². The molecule has 4 aromatic rings. The highest BCUT2D eigenvalue weighted by Crippen LogP contribution is 2.25. The maximum Gasteiger partial charge on any atom is 0.230 e. The topological polar surface area (TPSA) is 68.0 Å². The summed E-state index contributed by atoms with van der Waals surface area (Å²) in [5, 5.41) is 8.92. The minimum absolute atomic E-state index is 0.145. The van der Waals surface area contributed by atoms with Crippen LogP contribution in [0.25, 0.3) is 21.9 Å². The first-order valence-corrected chi connectivity index (χ1v) is 8.11. The van der Waals surface area contributed by atoms with Crippen molar-refractivity contribution in [3.05, 3.63) is 65.5 Å². The zero-order chi connectivity index (χ0) is 17.4. The summed E-state index contributed by atoms with van der Waals surface area (Å²) in [6.07, 6.45) is 1.87. The number of fused-ring (bicyclic) bond motifs is 2. The molecule has 0 spiro atoms. The van der Waals surface area contributed by atoms with E-state index >= 15 is 0 Å². The molecular weight excluding hydrogens is 314 g/mol. The highest BCUT2D eigenvalue weighted by molar-refractivity contribution is 6.01. The predicted molar refractivity (Wildman–Crippen MR) is 97.6 cm³/mol. The summed E-state index contributed by atoms with van der Waals surface area (Å²) in [5.41, 5.74) is 5.01. The summed E-state index contributed by atoms with van der Waals surface area (Å²) < 4.78 is 5.39. The minimum atomic E-state index is -0.145. The average Bonchev–Trinajstić information content (AvgIpc) is 2.98. The van der Waals surface area contributed by atoms with Crippen LogP contribution >= 0.6 is 0 Å². The number of nitrogens with zero attached hydrogens (tertiary/aromatic N) is 2. The minimum Gasteiger partial charge on any atom is -0.356 e. The van der Waals surface area contributed by atoms with Crippen molar-refractivity contribution in [1.82, 2.24) is 10.1 Å². The number of para-hydroxylation sites is 1. The molecule has 0 radical (unpaired) electrons. The number of carbonyl (C=O) groups is 1. The Bertz CT molecular complexity index is 1090. The van der Waals surface area contributed by atoms with Crippen molar-refractivity contribution >= 4 is 33.5 Å². The van der Waals surface area contributed by atoms with E-state index < -0.39 is 0 Å². The first-order valence-electron chi connectivity index (χ1n) is 8.11. The Labute approximate surface area is 144 Å². The summed E-state index contributed by atoms with van der Waals surface area (Å²) in [6, 6.07) is 13.6. The van der Waals surface area contributed by atoms with Crippen LogP contribution in [0.1, 0.15) is 16.8 Å². The van der Waals surface area contributed by atoms with Gasteiger partial charge in [0.1, 0.15) is 5.69 Å². The van der Waals surface area contributed by atoms with Gasteiger partial charge in [0, 0.05) is 17.0 Å². The Balaban J connectivity index is 1.62. The molecular formula is C20H17N3O2. The summed E-state index contributed by atoms with van der Waals surface area (Å²) >= 11 is 0. The SMILES string of the molecule is Cc1cc(C)c2c(CC(=O)Nc3cccc4cccnc34)noc2c1. The lowest BCUT2D eigenvalue weighted by Gasteiger charge is -2.07. The molecule has 2 aromatic carbocycles. The molecule has 5 nitrogen and oxygen atoms in total. The normalized spacial score (nSPS) is 11.1. The number of pyridine rings is 1. The highest BCUT2D eigenvalue weighted by Gasteiger charge is 2.15. The second-order valence-electron chi connectivity index (χ2n) is 6.19. The van der Waals surface area contributed by atoms with Crippen molar-refractivity contribution in [2.75, 3.05) is 5.32 Å². The van der Waals surface area contributed by atoms with Crippen molar-refractivity contribution in [3.8, 4) is 0 Å². The Hall–Kier alpha value is -3.21. The fraction of sp³-hybridized carbons (Fsp3) is 0.150. The third kappa shape index (κ3) is 2.85. The third-order valence-corrected chi connectivity index (χ3v) is 4.22. The van der Waals surface area contributed by atoms with E-state index in [9.17, 15) is 4.79 Å². The van der Waals surface area contributed by atoms with Crippen LogP contribution < -0.4 is 5.32 Å². The maximum atomic E-state index is 12.5. The number of hydrogen-bond donors (Lipinski definition) is 1. The van der Waals surface area contributed by atoms with Gasteiger partial charge in [-0.25, -0.2) is 0 Å². The number of carbonyl (C=O) groups excluding carboxylic acids is 1. The monoisotopic (exact) mass is 331 g/mol. The van der Waals surface area contributed by atoms with Gasteiger partial charge in [-0.15, -0.1) is 0 Å². The molecule has 0 aliphatic heterocycles. The van der Waals surface area contributed by atoms with Gasteiger partial charge in [-0.2, -0.15) is 0 Å². The van der Waals surface area contributed by atoms with E-state index in [1.54, 1.807) is 6.20 Å². The standard InChI is InChI=1S/C20H17N3O2/c1-12-9-13(2)19-16(23-25-17(19)10-12)11-18(24)22-15-7-3-5-14-6-4-8-21-20(14)15/h3-10H,11H2,1-2H3,(H,22,24). The van der Waals surface area contributed by atoms with E-state index in [0.29, 0.717) is 17.0 Å². The molecule has 0 bridgehead atoms. The van der Waals surface area contributed by atoms with Crippen molar-refractivity contribution < 1.29 is 9.32 Å². The molecule has 0 fully saturated rings. The van der Waals surface area contributed by atoms with Crippen LogP contribution in [0.2, 0.25) is 0 Å². The first kappa shape index (κ1) is 15.3. The molecule has 0 saturated heterocycles. The molecule has 0 unspecified atom stereocenters. The van der Waals surface area contributed by atoms with Crippen LogP contribution in [0.4, 0.5) is 5.69 Å². The van der Waals surface area contributed by atoms with Crippen LogP contribution in [-0.4, -0.2) is 16.0 Å². The number of nitrogens with one attached hydrogen (secondary N) is 1. The van der Waals surface area contributed by atoms with Crippen LogP contribution in [-0.2, 0) is 11.2 Å². The molecule has 0 aliphatic carbocycles. The van der Waals surface area contributed by atoms with Crippen molar-refractivity contribution in [3.63, 3.8) is 0 Å². The number of aromatic nitrogens is 2. The van der Waals surface area contributed by atoms with Gasteiger partial charge in [0.2, 0.25) is 5.91 Å². The van der Waals surface area contributed by atoms with E-state index in [1.807, 2.05) is 50.2 Å². The van der Waals surface area contributed by atoms with Crippen LogP contribution in [0.15, 0.2) is 53.2 Å². The molecule has 2 aromatic heterocycles. The van der Waals surface area contributed by atoms with E-state index in [4.69, 9.17) is 4.52 Å². The maximum absolute atomic E-state index is 12.5. The summed E-state index contributed by atoms with van der Waals surface area (Å²) in [7, 11) is 0. The second-order valence-corrected chi connectivity index (χ2v) is 6.19. The van der Waals surface area contributed by atoms with Gasteiger partial charge >= 0.3 is 0 Å². The second kappa shape index (κ2) is 6.02. The van der Waals surface area contributed by atoms with Gasteiger partial charge in [-0.05, 0) is 43.2 Å². The largest absolute Gasteiger partial charge is 0.356 e. The summed E-state index contributed by atoms with van der Waals surface area (Å²) in [4.78, 5) is 16.9. The number of hydrogen-bond acceptors (Lipinski definition) is 4. The number of benzene rings is 2. The Morgan fingerprint density at radius 1 is 1.16 bits per heavy atom. The molecule has 0 atom stereocenters. The smallest absolute Gasteiger partial charge is 0.230 e. The molecule has 2 heterocycles. The molecule has 0 saturated carbocycles. The van der Waals surface area contributed by atoms with E-state index in [-0.39, 0.29) is 12.3 Å². The van der Waals surface area contributed by atoms with Crippen molar-refractivity contribution in [2.24, 2.45) is 0 Å². The number of amides is 1. The van der Waals surface area contributed by atoms with E-state index in [1.165, 1.54) is 0 Å². The Morgan fingerprint density at radius 2 is 2.00 bits per heavy atom. The molecule has 5 heteroatoms. The first-order chi connectivity index (χ1) is 12.1. The highest BCUT2D eigenvalue weighted by atomic mass is 16.5. The quantitative estimate of drug-likeness (QED) is 0.611. The van der Waals surface area contributed by atoms with Gasteiger partial charge in [0.15, 0.2) is 5.58 Å². The Morgan fingerprint density at radius 3 is 2.88 bits per heavy atom. The molecule has 1 N–H and O–H groups in total. The van der Waals surface area contributed by atoms with Gasteiger partial charge < -0.3 is 9.84 Å². The van der Waals surface area contributed by atoms with Crippen LogP contribution in [0.3, 0.4) is 0 Å².